The molecule has 1 saturated carbocycles. The molecule has 1 aromatic heterocycles. The van der Waals surface area contributed by atoms with Gasteiger partial charge in [0, 0.05) is 31.2 Å². The van der Waals surface area contributed by atoms with E-state index in [1.165, 1.54) is 19.3 Å². The lowest BCUT2D eigenvalue weighted by atomic mass is 9.96. The predicted molar refractivity (Wildman–Crippen MR) is 160 cm³/mol. The van der Waals surface area contributed by atoms with Gasteiger partial charge in [0.1, 0.15) is 5.75 Å². The van der Waals surface area contributed by atoms with Gasteiger partial charge in [-0.3, -0.25) is 4.79 Å². The highest BCUT2D eigenvalue weighted by Crippen LogP contribution is 2.21. The number of nitrogens with zero attached hydrogens (tertiary/aromatic N) is 3. The molecule has 1 heterocycles. The number of phenolic OH excluding ortho intramolecular Hbond substituents is 1. The molecular weight excluding hydrogens is 522 g/mol. The minimum atomic E-state index is -0.109. The highest BCUT2D eigenvalue weighted by Gasteiger charge is 2.15. The Bertz CT molecular complexity index is 1180. The quantitative estimate of drug-likeness (QED) is 0.154. The van der Waals surface area contributed by atoms with Gasteiger partial charge in [-0.2, -0.15) is 15.0 Å². The van der Waals surface area contributed by atoms with Crippen LogP contribution in [0.1, 0.15) is 48.0 Å². The number of carbonyl (C=O) groups excluding carboxylic acids is 1. The largest absolute Gasteiger partial charge is 0.508 e. The Morgan fingerprint density at radius 1 is 0.756 bits per heavy atom. The molecule has 2 aromatic carbocycles. The number of nitrogens with one attached hydrogen (secondary N) is 4. The molecule has 5 N–H and O–H groups in total. The second-order valence-electron chi connectivity index (χ2n) is 9.90. The second-order valence-corrected chi connectivity index (χ2v) is 9.90. The number of hydrogen-bond acceptors (Lipinski definition) is 10. The van der Waals surface area contributed by atoms with Crippen LogP contribution < -0.4 is 21.3 Å². The van der Waals surface area contributed by atoms with E-state index in [-0.39, 0.29) is 11.7 Å². The number of aromatic nitrogens is 3. The van der Waals surface area contributed by atoms with E-state index in [4.69, 9.17) is 9.47 Å². The number of anilines is 3. The molecule has 0 bridgehead atoms. The van der Waals surface area contributed by atoms with Gasteiger partial charge in [0.25, 0.3) is 5.91 Å². The van der Waals surface area contributed by atoms with Gasteiger partial charge < -0.3 is 35.8 Å². The first-order valence-corrected chi connectivity index (χ1v) is 14.4. The molecule has 1 fully saturated rings. The maximum atomic E-state index is 12.0. The number of carbonyl (C=O) groups is 1. The summed E-state index contributed by atoms with van der Waals surface area (Å²) in [5.41, 5.74) is 1.75. The first kappa shape index (κ1) is 30.0. The summed E-state index contributed by atoms with van der Waals surface area (Å²) >= 11 is 0. The summed E-state index contributed by atoms with van der Waals surface area (Å²) in [7, 11) is 0. The minimum absolute atomic E-state index is 0.109. The van der Waals surface area contributed by atoms with Gasteiger partial charge >= 0.3 is 0 Å². The molecule has 0 radical (unpaired) electrons. The maximum absolute atomic E-state index is 12.0. The van der Waals surface area contributed by atoms with Crippen LogP contribution in [0.4, 0.5) is 17.8 Å². The Morgan fingerprint density at radius 2 is 1.39 bits per heavy atom. The third kappa shape index (κ3) is 11.2. The summed E-state index contributed by atoms with van der Waals surface area (Å²) in [6.07, 6.45) is 6.72. The summed E-state index contributed by atoms with van der Waals surface area (Å²) in [4.78, 5) is 25.7. The van der Waals surface area contributed by atoms with Crippen molar-refractivity contribution >= 4 is 23.8 Å². The molecule has 0 aliphatic heterocycles. The van der Waals surface area contributed by atoms with Crippen LogP contribution in [0.5, 0.6) is 5.75 Å². The fraction of sp³-hybridized carbons (Fsp3) is 0.467. The van der Waals surface area contributed by atoms with Crippen molar-refractivity contribution in [2.24, 2.45) is 0 Å². The Hall–Kier alpha value is -3.96. The maximum Gasteiger partial charge on any atom is 0.251 e. The van der Waals surface area contributed by atoms with Crippen molar-refractivity contribution in [3.05, 3.63) is 65.7 Å². The van der Waals surface area contributed by atoms with Gasteiger partial charge in [-0.15, -0.1) is 0 Å². The average Bonchev–Trinajstić information content (AvgIpc) is 3.00. The van der Waals surface area contributed by atoms with Crippen molar-refractivity contribution < 1.29 is 19.4 Å². The predicted octanol–water partition coefficient (Wildman–Crippen LogP) is 3.85. The van der Waals surface area contributed by atoms with Crippen molar-refractivity contribution in [1.82, 2.24) is 20.3 Å². The zero-order valence-electron chi connectivity index (χ0n) is 23.5. The average molecular weight is 564 g/mol. The van der Waals surface area contributed by atoms with E-state index in [0.29, 0.717) is 75.5 Å². The molecule has 0 saturated heterocycles. The summed E-state index contributed by atoms with van der Waals surface area (Å²) in [6, 6.07) is 16.7. The third-order valence-electron chi connectivity index (χ3n) is 6.68. The van der Waals surface area contributed by atoms with Crippen molar-refractivity contribution in [3.63, 3.8) is 0 Å². The van der Waals surface area contributed by atoms with Gasteiger partial charge in [-0.25, -0.2) is 0 Å². The van der Waals surface area contributed by atoms with E-state index in [1.807, 2.05) is 30.3 Å². The van der Waals surface area contributed by atoms with E-state index in [2.05, 4.69) is 36.2 Å². The number of rotatable bonds is 17. The molecule has 1 amide bonds. The van der Waals surface area contributed by atoms with Crippen molar-refractivity contribution in [2.75, 3.05) is 62.0 Å². The van der Waals surface area contributed by atoms with Crippen LogP contribution in [-0.4, -0.2) is 78.1 Å². The lowest BCUT2D eigenvalue weighted by Gasteiger charge is -2.23. The molecule has 41 heavy (non-hydrogen) atoms. The number of benzene rings is 2. The molecule has 0 spiro atoms. The minimum Gasteiger partial charge on any atom is -0.508 e. The third-order valence-corrected chi connectivity index (χ3v) is 6.68. The summed E-state index contributed by atoms with van der Waals surface area (Å²) in [5, 5.41) is 22.3. The fourth-order valence-corrected chi connectivity index (χ4v) is 4.49. The first-order valence-electron chi connectivity index (χ1n) is 14.4. The van der Waals surface area contributed by atoms with E-state index in [0.717, 1.165) is 24.8 Å². The van der Waals surface area contributed by atoms with Crippen LogP contribution in [-0.2, 0) is 15.9 Å². The standard InChI is InChI=1S/C30H41N7O4/c38-26-13-11-23(12-14-26)15-16-32-28-35-29(37-30(36-28)34-25-9-5-2-6-10-25)33-18-20-41-22-21-40-19-17-31-27(39)24-7-3-1-4-8-24/h1,3-4,7-8,11-14,25,38H,2,5-6,9-10,15-22H2,(H,31,39)(H3,32,33,34,35,36,37). The fourth-order valence-electron chi connectivity index (χ4n) is 4.49. The van der Waals surface area contributed by atoms with Gasteiger partial charge in [0.2, 0.25) is 17.8 Å². The van der Waals surface area contributed by atoms with E-state index in [9.17, 15) is 9.90 Å². The van der Waals surface area contributed by atoms with Gasteiger partial charge in [-0.1, -0.05) is 49.6 Å². The molecule has 11 heteroatoms. The Morgan fingerprint density at radius 3 is 2.10 bits per heavy atom. The van der Waals surface area contributed by atoms with Crippen molar-refractivity contribution in [2.45, 2.75) is 44.6 Å². The summed E-state index contributed by atoms with van der Waals surface area (Å²) in [5.74, 6) is 1.71. The second kappa shape index (κ2) is 17.0. The smallest absolute Gasteiger partial charge is 0.251 e. The highest BCUT2D eigenvalue weighted by molar-refractivity contribution is 5.94. The molecule has 3 aromatic rings. The van der Waals surface area contributed by atoms with E-state index >= 15 is 0 Å². The number of phenols is 1. The zero-order chi connectivity index (χ0) is 28.5. The summed E-state index contributed by atoms with van der Waals surface area (Å²) < 4.78 is 11.2. The van der Waals surface area contributed by atoms with E-state index < -0.39 is 0 Å². The molecule has 0 unspecified atom stereocenters. The molecular formula is C30H41N7O4. The lowest BCUT2D eigenvalue weighted by molar-refractivity contribution is 0.0519. The Kier molecular flexibility index (Phi) is 12.4. The highest BCUT2D eigenvalue weighted by atomic mass is 16.5. The molecule has 0 atom stereocenters. The number of hydrogen-bond donors (Lipinski definition) is 5. The van der Waals surface area contributed by atoms with Crippen molar-refractivity contribution in [3.8, 4) is 5.75 Å². The van der Waals surface area contributed by atoms with Gasteiger partial charge in [0.15, 0.2) is 0 Å². The molecule has 1 aliphatic carbocycles. The molecule has 4 rings (SSSR count). The van der Waals surface area contributed by atoms with Gasteiger partial charge in [0.05, 0.1) is 26.4 Å². The van der Waals surface area contributed by atoms with Crippen LogP contribution in [0, 0.1) is 0 Å². The number of aromatic hydroxyl groups is 1. The zero-order valence-corrected chi connectivity index (χ0v) is 23.5. The first-order chi connectivity index (χ1) is 20.2. The lowest BCUT2D eigenvalue weighted by Crippen LogP contribution is -2.27. The Labute approximate surface area is 241 Å². The van der Waals surface area contributed by atoms with Crippen LogP contribution >= 0.6 is 0 Å². The number of amides is 1. The summed E-state index contributed by atoms with van der Waals surface area (Å²) in [6.45, 7) is 3.40. The molecule has 220 valence electrons. The van der Waals surface area contributed by atoms with Crippen LogP contribution in [0.15, 0.2) is 54.6 Å². The topological polar surface area (TPSA) is 143 Å². The molecule has 11 nitrogen and oxygen atoms in total. The monoisotopic (exact) mass is 563 g/mol. The molecule has 1 aliphatic rings. The van der Waals surface area contributed by atoms with Crippen LogP contribution in [0.25, 0.3) is 0 Å². The number of ether oxygens (including phenoxy) is 2. The normalized spacial score (nSPS) is 13.5. The van der Waals surface area contributed by atoms with Crippen LogP contribution in [0.3, 0.4) is 0 Å². The Balaban J connectivity index is 1.15. The van der Waals surface area contributed by atoms with Crippen LogP contribution in [0.2, 0.25) is 0 Å². The van der Waals surface area contributed by atoms with Gasteiger partial charge in [-0.05, 0) is 49.1 Å². The van der Waals surface area contributed by atoms with Crippen molar-refractivity contribution in [1.29, 1.82) is 0 Å². The SMILES string of the molecule is O=C(NCCOCCOCCNc1nc(NCCc2ccc(O)cc2)nc(NC2CCCCC2)n1)c1ccccc1. The van der Waals surface area contributed by atoms with E-state index in [1.54, 1.807) is 24.3 Å².